The van der Waals surface area contributed by atoms with Gasteiger partial charge in [0, 0.05) is 58.4 Å². The van der Waals surface area contributed by atoms with E-state index in [1.54, 1.807) is 42.2 Å². The highest BCUT2D eigenvalue weighted by Crippen LogP contribution is 2.26. The Morgan fingerprint density at radius 1 is 1.25 bits per heavy atom. The molecule has 1 heterocycles. The Hall–Kier alpha value is -2.81. The van der Waals surface area contributed by atoms with Crippen molar-refractivity contribution in [1.82, 2.24) is 15.1 Å². The van der Waals surface area contributed by atoms with E-state index >= 15 is 0 Å². The maximum Gasteiger partial charge on any atom is 0.319 e. The van der Waals surface area contributed by atoms with Crippen LogP contribution in [0.1, 0.15) is 44.5 Å². The fraction of sp³-hybridized carbons (Fsp3) is 0.609. The number of carbonyl (C=O) groups is 3. The Kier molecular flexibility index (Phi) is 9.31. The molecule has 32 heavy (non-hydrogen) atoms. The van der Waals surface area contributed by atoms with Crippen LogP contribution < -0.4 is 15.4 Å². The predicted octanol–water partition coefficient (Wildman–Crippen LogP) is 2.57. The summed E-state index contributed by atoms with van der Waals surface area (Å²) in [4.78, 5) is 40.9. The lowest BCUT2D eigenvalue weighted by molar-refractivity contribution is -0.133. The molecule has 9 heteroatoms. The molecule has 0 aliphatic carbocycles. The van der Waals surface area contributed by atoms with Crippen molar-refractivity contribution in [2.45, 2.75) is 46.3 Å². The van der Waals surface area contributed by atoms with Crippen molar-refractivity contribution in [1.29, 1.82) is 0 Å². The van der Waals surface area contributed by atoms with Crippen LogP contribution in [-0.4, -0.2) is 80.2 Å². The topological polar surface area (TPSA) is 100 Å². The summed E-state index contributed by atoms with van der Waals surface area (Å²) in [5, 5.41) is 5.51. The Balaban J connectivity index is 2.38. The predicted molar refractivity (Wildman–Crippen MR) is 123 cm³/mol. The van der Waals surface area contributed by atoms with E-state index in [4.69, 9.17) is 9.47 Å². The van der Waals surface area contributed by atoms with E-state index < -0.39 is 0 Å². The minimum Gasteiger partial charge on any atom is -0.491 e. The van der Waals surface area contributed by atoms with Crippen molar-refractivity contribution in [3.05, 3.63) is 23.8 Å². The molecule has 0 bridgehead atoms. The van der Waals surface area contributed by atoms with Crippen molar-refractivity contribution in [3.63, 3.8) is 0 Å². The zero-order valence-electron chi connectivity index (χ0n) is 19.9. The Bertz CT molecular complexity index is 816. The number of fused-ring (bicyclic) bond motifs is 1. The molecule has 0 radical (unpaired) electrons. The highest BCUT2D eigenvalue weighted by atomic mass is 16.5. The highest BCUT2D eigenvalue weighted by Gasteiger charge is 2.29. The molecule has 178 valence electrons. The minimum atomic E-state index is -0.323. The monoisotopic (exact) mass is 448 g/mol. The van der Waals surface area contributed by atoms with Crippen LogP contribution in [0.5, 0.6) is 5.75 Å². The van der Waals surface area contributed by atoms with E-state index in [-0.39, 0.29) is 42.5 Å². The van der Waals surface area contributed by atoms with Gasteiger partial charge < -0.3 is 29.9 Å². The second-order valence-corrected chi connectivity index (χ2v) is 8.36. The zero-order valence-corrected chi connectivity index (χ0v) is 19.9. The summed E-state index contributed by atoms with van der Waals surface area (Å²) in [5.41, 5.74) is 0.899. The molecule has 2 rings (SSSR count). The Labute approximate surface area is 190 Å². The lowest BCUT2D eigenvalue weighted by Gasteiger charge is -2.35. The summed E-state index contributed by atoms with van der Waals surface area (Å²) in [7, 11) is 3.33. The maximum atomic E-state index is 13.2. The number of amides is 4. The van der Waals surface area contributed by atoms with Crippen LogP contribution in [0.25, 0.3) is 0 Å². The van der Waals surface area contributed by atoms with Gasteiger partial charge in [0.2, 0.25) is 5.91 Å². The van der Waals surface area contributed by atoms with Crippen molar-refractivity contribution >= 4 is 23.5 Å². The van der Waals surface area contributed by atoms with E-state index in [1.165, 1.54) is 6.92 Å². The average molecular weight is 449 g/mol. The number of hydrogen-bond acceptors (Lipinski definition) is 5. The smallest absolute Gasteiger partial charge is 0.319 e. The van der Waals surface area contributed by atoms with Crippen molar-refractivity contribution in [2.75, 3.05) is 45.7 Å². The summed E-state index contributed by atoms with van der Waals surface area (Å²) in [6.45, 7) is 9.07. The molecular weight excluding hydrogens is 412 g/mol. The van der Waals surface area contributed by atoms with E-state index in [9.17, 15) is 14.4 Å². The van der Waals surface area contributed by atoms with Crippen LogP contribution in [0, 0.1) is 5.92 Å². The van der Waals surface area contributed by atoms with Crippen LogP contribution >= 0.6 is 0 Å². The fourth-order valence-electron chi connectivity index (χ4n) is 3.70. The van der Waals surface area contributed by atoms with E-state index in [2.05, 4.69) is 10.6 Å². The normalized spacial score (nSPS) is 22.2. The average Bonchev–Trinajstić information content (AvgIpc) is 2.76. The van der Waals surface area contributed by atoms with Crippen LogP contribution in [0.4, 0.5) is 10.5 Å². The van der Waals surface area contributed by atoms with Crippen LogP contribution in [0.2, 0.25) is 0 Å². The molecule has 0 unspecified atom stereocenters. The van der Waals surface area contributed by atoms with Gasteiger partial charge in [0.15, 0.2) is 0 Å². The molecule has 0 fully saturated rings. The minimum absolute atomic E-state index is 0.0220. The third kappa shape index (κ3) is 6.59. The molecule has 0 spiro atoms. The van der Waals surface area contributed by atoms with Crippen LogP contribution in [0.15, 0.2) is 18.2 Å². The molecule has 4 amide bonds. The third-order valence-electron chi connectivity index (χ3n) is 5.64. The van der Waals surface area contributed by atoms with E-state index in [1.807, 2.05) is 20.8 Å². The molecular formula is C23H36N4O5. The number of hydrogen-bond donors (Lipinski definition) is 2. The van der Waals surface area contributed by atoms with Crippen LogP contribution in [0.3, 0.4) is 0 Å². The quantitative estimate of drug-likeness (QED) is 0.737. The molecule has 3 atom stereocenters. The second-order valence-electron chi connectivity index (χ2n) is 8.36. The first-order valence-corrected chi connectivity index (χ1v) is 11.0. The van der Waals surface area contributed by atoms with Gasteiger partial charge in [-0.25, -0.2) is 4.79 Å². The molecule has 2 N–H and O–H groups in total. The highest BCUT2D eigenvalue weighted by molar-refractivity contribution is 5.98. The summed E-state index contributed by atoms with van der Waals surface area (Å²) >= 11 is 0. The molecule has 1 aliphatic heterocycles. The van der Waals surface area contributed by atoms with E-state index in [0.717, 1.165) is 6.42 Å². The van der Waals surface area contributed by atoms with Crippen LogP contribution in [-0.2, 0) is 9.53 Å². The number of anilines is 1. The summed E-state index contributed by atoms with van der Waals surface area (Å²) < 4.78 is 11.7. The molecule has 9 nitrogen and oxygen atoms in total. The SMILES string of the molecule is CCCNC(=O)Nc1ccc2c(c1)OC[C@@H](C)N(C(C)=O)C[C@H](C)[C@@H](OC)CN(C)C2=O. The largest absolute Gasteiger partial charge is 0.491 e. The summed E-state index contributed by atoms with van der Waals surface area (Å²) in [6.07, 6.45) is 0.595. The van der Waals surface area contributed by atoms with Gasteiger partial charge >= 0.3 is 6.03 Å². The second kappa shape index (κ2) is 11.7. The zero-order chi connectivity index (χ0) is 23.8. The summed E-state index contributed by atoms with van der Waals surface area (Å²) in [6, 6.07) is 4.43. The lowest BCUT2D eigenvalue weighted by atomic mass is 10.0. The number of urea groups is 1. The Morgan fingerprint density at radius 2 is 1.97 bits per heavy atom. The standard InChI is InChI=1S/C23H36N4O5/c1-7-10-24-23(30)25-18-8-9-19-20(11-18)32-14-16(3)27(17(4)28)12-15(2)21(31-6)13-26(5)22(19)29/h8-9,11,15-16,21H,7,10,12-14H2,1-6H3,(H2,24,25,30)/t15-,16+,21-/m0/s1. The van der Waals surface area contributed by atoms with Gasteiger partial charge in [-0.05, 0) is 25.5 Å². The molecule has 0 saturated carbocycles. The fourth-order valence-corrected chi connectivity index (χ4v) is 3.70. The number of rotatable bonds is 4. The Morgan fingerprint density at radius 3 is 2.59 bits per heavy atom. The number of nitrogens with zero attached hydrogens (tertiary/aromatic N) is 2. The first-order valence-electron chi connectivity index (χ1n) is 11.0. The first-order chi connectivity index (χ1) is 15.2. The van der Waals surface area contributed by atoms with Gasteiger partial charge in [-0.2, -0.15) is 0 Å². The molecule has 1 aliphatic rings. The molecule has 0 aromatic heterocycles. The van der Waals surface area contributed by atoms with Crippen molar-refractivity contribution in [2.24, 2.45) is 5.92 Å². The van der Waals surface area contributed by atoms with E-state index in [0.29, 0.717) is 36.6 Å². The van der Waals surface area contributed by atoms with Gasteiger partial charge in [0.25, 0.3) is 5.91 Å². The van der Waals surface area contributed by atoms with Gasteiger partial charge in [-0.3, -0.25) is 9.59 Å². The number of benzene rings is 1. The number of nitrogens with one attached hydrogen (secondary N) is 2. The van der Waals surface area contributed by atoms with Gasteiger partial charge in [-0.1, -0.05) is 13.8 Å². The van der Waals surface area contributed by atoms with Gasteiger partial charge in [0.1, 0.15) is 12.4 Å². The number of carbonyl (C=O) groups excluding carboxylic acids is 3. The van der Waals surface area contributed by atoms with Crippen molar-refractivity contribution < 1.29 is 23.9 Å². The lowest BCUT2D eigenvalue weighted by Crippen LogP contribution is -2.48. The maximum absolute atomic E-state index is 13.2. The number of likely N-dealkylation sites (N-methyl/N-ethyl adjacent to an activating group) is 1. The molecule has 0 saturated heterocycles. The molecule has 1 aromatic carbocycles. The third-order valence-corrected chi connectivity index (χ3v) is 5.64. The molecule has 1 aromatic rings. The number of methoxy groups -OCH3 is 1. The number of ether oxygens (including phenoxy) is 2. The van der Waals surface area contributed by atoms with Gasteiger partial charge in [0.05, 0.1) is 17.7 Å². The van der Waals surface area contributed by atoms with Crippen molar-refractivity contribution in [3.8, 4) is 5.75 Å². The first kappa shape index (κ1) is 25.5. The van der Waals surface area contributed by atoms with Gasteiger partial charge in [-0.15, -0.1) is 0 Å². The summed E-state index contributed by atoms with van der Waals surface area (Å²) in [5.74, 6) is 0.127.